The molecule has 0 atom stereocenters. The third-order valence-corrected chi connectivity index (χ3v) is 3.53. The van der Waals surface area contributed by atoms with Crippen LogP contribution in [0.1, 0.15) is 24.2 Å². The lowest BCUT2D eigenvalue weighted by atomic mass is 10.1. The zero-order valence-corrected chi connectivity index (χ0v) is 11.6. The number of rotatable bonds is 5. The van der Waals surface area contributed by atoms with Gasteiger partial charge in [-0.1, -0.05) is 0 Å². The first-order valence-electron chi connectivity index (χ1n) is 6.76. The largest absolute Gasteiger partial charge is 0.469 e. The summed E-state index contributed by atoms with van der Waals surface area (Å²) in [6.07, 6.45) is 3.83. The van der Waals surface area contributed by atoms with Gasteiger partial charge in [-0.3, -0.25) is 4.79 Å². The van der Waals surface area contributed by atoms with Crippen molar-refractivity contribution in [2.24, 2.45) is 0 Å². The number of amides is 1. The Labute approximate surface area is 113 Å². The Kier molecular flexibility index (Phi) is 4.99. The normalized spacial score (nSPS) is 16.5. The quantitative estimate of drug-likeness (QED) is 0.873. The van der Waals surface area contributed by atoms with E-state index in [4.69, 9.17) is 9.15 Å². The second kappa shape index (κ2) is 6.73. The molecule has 0 aromatic carbocycles. The zero-order valence-electron chi connectivity index (χ0n) is 11.6. The van der Waals surface area contributed by atoms with Crippen LogP contribution >= 0.6 is 0 Å². The van der Waals surface area contributed by atoms with E-state index in [1.165, 1.54) is 0 Å². The lowest BCUT2D eigenvalue weighted by Crippen LogP contribution is -2.36. The van der Waals surface area contributed by atoms with Crippen LogP contribution in [0.4, 0.5) is 0 Å². The van der Waals surface area contributed by atoms with Gasteiger partial charge in [-0.25, -0.2) is 0 Å². The summed E-state index contributed by atoms with van der Waals surface area (Å²) < 4.78 is 10.9. The van der Waals surface area contributed by atoms with E-state index in [-0.39, 0.29) is 18.6 Å². The summed E-state index contributed by atoms with van der Waals surface area (Å²) in [4.78, 5) is 13.7. The fourth-order valence-corrected chi connectivity index (χ4v) is 2.18. The molecule has 1 aromatic rings. The zero-order chi connectivity index (χ0) is 13.7. The summed E-state index contributed by atoms with van der Waals surface area (Å²) in [6.45, 7) is 4.58. The van der Waals surface area contributed by atoms with E-state index in [2.05, 4.69) is 5.32 Å². The third-order valence-electron chi connectivity index (χ3n) is 3.53. The van der Waals surface area contributed by atoms with E-state index in [1.807, 2.05) is 13.0 Å². The topological polar surface area (TPSA) is 54.7 Å². The van der Waals surface area contributed by atoms with E-state index in [9.17, 15) is 4.79 Å². The maximum Gasteiger partial charge on any atom is 0.248 e. The van der Waals surface area contributed by atoms with Crippen molar-refractivity contribution >= 4 is 5.91 Å². The van der Waals surface area contributed by atoms with Gasteiger partial charge in [0.25, 0.3) is 0 Å². The highest BCUT2D eigenvalue weighted by Crippen LogP contribution is 2.12. The Morgan fingerprint density at radius 1 is 1.53 bits per heavy atom. The predicted molar refractivity (Wildman–Crippen MR) is 71.8 cm³/mol. The number of aryl methyl sites for hydroxylation is 1. The second-order valence-corrected chi connectivity index (χ2v) is 5.01. The molecule has 1 N–H and O–H groups in total. The van der Waals surface area contributed by atoms with Crippen molar-refractivity contribution in [3.05, 3.63) is 23.7 Å². The minimum Gasteiger partial charge on any atom is -0.469 e. The van der Waals surface area contributed by atoms with Crippen LogP contribution in [0.15, 0.2) is 16.7 Å². The van der Waals surface area contributed by atoms with Crippen molar-refractivity contribution in [2.75, 3.05) is 26.7 Å². The molecule has 2 rings (SSSR count). The number of piperidine rings is 1. The summed E-state index contributed by atoms with van der Waals surface area (Å²) in [6, 6.07) is 1.90. The average Bonchev–Trinajstić information content (AvgIpc) is 2.82. The molecule has 0 spiro atoms. The smallest absolute Gasteiger partial charge is 0.248 e. The Balaban J connectivity index is 1.74. The van der Waals surface area contributed by atoms with Crippen LogP contribution < -0.4 is 5.32 Å². The van der Waals surface area contributed by atoms with Crippen LogP contribution in [0.3, 0.4) is 0 Å². The number of nitrogens with zero attached hydrogens (tertiary/aromatic N) is 1. The second-order valence-electron chi connectivity index (χ2n) is 5.01. The van der Waals surface area contributed by atoms with Gasteiger partial charge in [-0.2, -0.15) is 0 Å². The lowest BCUT2D eigenvalue weighted by Gasteiger charge is -2.24. The Bertz CT molecular complexity index is 411. The summed E-state index contributed by atoms with van der Waals surface area (Å²) in [7, 11) is 1.79. The highest BCUT2D eigenvalue weighted by molar-refractivity contribution is 5.77. The van der Waals surface area contributed by atoms with Crippen molar-refractivity contribution in [3.8, 4) is 0 Å². The molecule has 106 valence electrons. The Hall–Kier alpha value is -1.33. The van der Waals surface area contributed by atoms with Crippen LogP contribution in [-0.4, -0.2) is 43.7 Å². The van der Waals surface area contributed by atoms with Gasteiger partial charge in [0.15, 0.2) is 0 Å². The minimum absolute atomic E-state index is 0.0131. The molecule has 1 aliphatic heterocycles. The minimum atomic E-state index is 0.0131. The molecule has 1 saturated heterocycles. The van der Waals surface area contributed by atoms with Crippen molar-refractivity contribution in [2.45, 2.75) is 32.4 Å². The van der Waals surface area contributed by atoms with Gasteiger partial charge >= 0.3 is 0 Å². The molecule has 0 bridgehead atoms. The first-order chi connectivity index (χ1) is 9.16. The lowest BCUT2D eigenvalue weighted by molar-refractivity contribution is -0.137. The van der Waals surface area contributed by atoms with Crippen LogP contribution in [0.5, 0.6) is 0 Å². The molecule has 0 aliphatic carbocycles. The van der Waals surface area contributed by atoms with Gasteiger partial charge < -0.3 is 19.4 Å². The highest BCUT2D eigenvalue weighted by Gasteiger charge is 2.17. The van der Waals surface area contributed by atoms with E-state index < -0.39 is 0 Å². The summed E-state index contributed by atoms with van der Waals surface area (Å²) in [5.74, 6) is 0.873. The number of carbonyl (C=O) groups is 1. The number of likely N-dealkylation sites (N-methyl/N-ethyl adjacent to an activating group) is 1. The summed E-state index contributed by atoms with van der Waals surface area (Å²) in [5, 5.41) is 3.28. The maximum absolute atomic E-state index is 12.0. The molecule has 5 nitrogen and oxygen atoms in total. The van der Waals surface area contributed by atoms with Crippen molar-refractivity contribution in [3.63, 3.8) is 0 Å². The molecule has 1 aliphatic rings. The third kappa shape index (κ3) is 4.08. The van der Waals surface area contributed by atoms with Crippen LogP contribution in [0.2, 0.25) is 0 Å². The monoisotopic (exact) mass is 266 g/mol. The number of ether oxygens (including phenoxy) is 1. The first kappa shape index (κ1) is 14.1. The fraction of sp³-hybridized carbons (Fsp3) is 0.643. The molecule has 19 heavy (non-hydrogen) atoms. The fourth-order valence-electron chi connectivity index (χ4n) is 2.18. The maximum atomic E-state index is 12.0. The first-order valence-corrected chi connectivity index (χ1v) is 6.76. The van der Waals surface area contributed by atoms with Crippen molar-refractivity contribution in [1.82, 2.24) is 10.2 Å². The Morgan fingerprint density at radius 2 is 2.26 bits per heavy atom. The number of nitrogens with one attached hydrogen (secondary N) is 1. The Morgan fingerprint density at radius 3 is 2.89 bits per heavy atom. The molecular formula is C14H22N2O3. The number of hydrogen-bond acceptors (Lipinski definition) is 4. The van der Waals surface area contributed by atoms with Gasteiger partial charge in [0.1, 0.15) is 12.4 Å². The van der Waals surface area contributed by atoms with E-state index in [0.717, 1.165) is 37.3 Å². The van der Waals surface area contributed by atoms with Crippen molar-refractivity contribution in [1.29, 1.82) is 0 Å². The van der Waals surface area contributed by atoms with Gasteiger partial charge in [-0.05, 0) is 38.9 Å². The van der Waals surface area contributed by atoms with Crippen LogP contribution in [0, 0.1) is 6.92 Å². The molecule has 1 amide bonds. The number of hydrogen-bond donors (Lipinski definition) is 1. The molecule has 1 aromatic heterocycles. The van der Waals surface area contributed by atoms with Crippen LogP contribution in [0.25, 0.3) is 0 Å². The number of carbonyl (C=O) groups excluding carboxylic acids is 1. The number of furan rings is 1. The molecule has 0 saturated carbocycles. The molecular weight excluding hydrogens is 244 g/mol. The van der Waals surface area contributed by atoms with Gasteiger partial charge in [0.05, 0.1) is 12.4 Å². The summed E-state index contributed by atoms with van der Waals surface area (Å²) in [5.41, 5.74) is 1.04. The van der Waals surface area contributed by atoms with Crippen LogP contribution in [-0.2, 0) is 16.1 Å². The highest BCUT2D eigenvalue weighted by atomic mass is 16.5. The molecule has 0 unspecified atom stereocenters. The van der Waals surface area contributed by atoms with E-state index in [0.29, 0.717) is 6.54 Å². The standard InChI is InChI=1S/C14H22N2O3/c1-11-12(5-8-18-11)9-16(2)14(17)10-19-13-3-6-15-7-4-13/h5,8,13,15H,3-4,6-7,9-10H2,1-2H3. The predicted octanol–water partition coefficient (Wildman–Crippen LogP) is 1.32. The van der Waals surface area contributed by atoms with E-state index in [1.54, 1.807) is 18.2 Å². The molecule has 0 radical (unpaired) electrons. The van der Waals surface area contributed by atoms with Crippen molar-refractivity contribution < 1.29 is 13.9 Å². The SMILES string of the molecule is Cc1occc1CN(C)C(=O)COC1CCNCC1. The van der Waals surface area contributed by atoms with Gasteiger partial charge in [-0.15, -0.1) is 0 Å². The molecule has 1 fully saturated rings. The van der Waals surface area contributed by atoms with Gasteiger partial charge in [0, 0.05) is 19.2 Å². The molecule has 5 heteroatoms. The molecule has 2 heterocycles. The van der Waals surface area contributed by atoms with E-state index >= 15 is 0 Å². The summed E-state index contributed by atoms with van der Waals surface area (Å²) >= 11 is 0. The average molecular weight is 266 g/mol. The van der Waals surface area contributed by atoms with Gasteiger partial charge in [0.2, 0.25) is 5.91 Å².